The summed E-state index contributed by atoms with van der Waals surface area (Å²) in [6.07, 6.45) is 4.68. The van der Waals surface area contributed by atoms with Crippen LogP contribution >= 0.6 is 0 Å². The van der Waals surface area contributed by atoms with Crippen molar-refractivity contribution in [3.8, 4) is 0 Å². The lowest BCUT2D eigenvalue weighted by atomic mass is 9.95. The van der Waals surface area contributed by atoms with Crippen molar-refractivity contribution in [2.24, 2.45) is 11.1 Å². The molecule has 0 aromatic heterocycles. The average Bonchev–Trinajstić information content (AvgIpc) is 2.92. The summed E-state index contributed by atoms with van der Waals surface area (Å²) in [4.78, 5) is 0. The van der Waals surface area contributed by atoms with Crippen LogP contribution in [0.25, 0.3) is 0 Å². The molecule has 0 amide bonds. The molecule has 1 unspecified atom stereocenters. The fourth-order valence-corrected chi connectivity index (χ4v) is 1.78. The van der Waals surface area contributed by atoms with E-state index in [0.29, 0.717) is 11.5 Å². The zero-order valence-electron chi connectivity index (χ0n) is 9.42. The lowest BCUT2D eigenvalue weighted by Crippen LogP contribution is -2.29. The monoisotopic (exact) mass is 201 g/mol. The molecule has 1 saturated carbocycles. The molecule has 2 N–H and O–H groups in total. The van der Waals surface area contributed by atoms with Crippen LogP contribution in [0.3, 0.4) is 0 Å². The molecule has 0 spiro atoms. The van der Waals surface area contributed by atoms with Gasteiger partial charge in [0.25, 0.3) is 0 Å². The highest BCUT2D eigenvalue weighted by atomic mass is 16.5. The molecule has 1 fully saturated rings. The van der Waals surface area contributed by atoms with Gasteiger partial charge in [-0.3, -0.25) is 0 Å². The van der Waals surface area contributed by atoms with Crippen molar-refractivity contribution in [2.75, 3.05) is 26.9 Å². The summed E-state index contributed by atoms with van der Waals surface area (Å²) in [6.45, 7) is 4.56. The molecule has 0 heterocycles. The van der Waals surface area contributed by atoms with Crippen LogP contribution in [-0.4, -0.2) is 33.0 Å². The third kappa shape index (κ3) is 3.56. The lowest BCUT2D eigenvalue weighted by Gasteiger charge is -2.19. The van der Waals surface area contributed by atoms with Gasteiger partial charge in [-0.25, -0.2) is 0 Å². The third-order valence-electron chi connectivity index (χ3n) is 3.24. The van der Waals surface area contributed by atoms with Gasteiger partial charge in [-0.05, 0) is 38.0 Å². The van der Waals surface area contributed by atoms with E-state index in [-0.39, 0.29) is 0 Å². The van der Waals surface area contributed by atoms with Gasteiger partial charge in [0.15, 0.2) is 0 Å². The number of hydrogen-bond acceptors (Lipinski definition) is 3. The average molecular weight is 201 g/mol. The van der Waals surface area contributed by atoms with Gasteiger partial charge >= 0.3 is 0 Å². The second-order valence-electron chi connectivity index (χ2n) is 4.36. The number of nitrogens with two attached hydrogens (primary N) is 1. The number of hydrogen-bond donors (Lipinski definition) is 1. The van der Waals surface area contributed by atoms with Gasteiger partial charge in [-0.15, -0.1) is 0 Å². The van der Waals surface area contributed by atoms with E-state index in [1.165, 1.54) is 12.8 Å². The maximum atomic E-state index is 5.92. The van der Waals surface area contributed by atoms with Gasteiger partial charge in [-0.1, -0.05) is 0 Å². The largest absolute Gasteiger partial charge is 0.385 e. The minimum Gasteiger partial charge on any atom is -0.385 e. The van der Waals surface area contributed by atoms with Gasteiger partial charge in [0.1, 0.15) is 0 Å². The fourth-order valence-electron chi connectivity index (χ4n) is 1.78. The standard InChI is InChI=1S/C11H23NO2/c1-10(12)11(4-5-11)6-9-14-8-3-7-13-2/h10H,3-9,12H2,1-2H3. The first-order valence-corrected chi connectivity index (χ1v) is 5.53. The quantitative estimate of drug-likeness (QED) is 0.606. The Balaban J connectivity index is 1.94. The van der Waals surface area contributed by atoms with Crippen molar-refractivity contribution in [2.45, 2.75) is 38.6 Å². The van der Waals surface area contributed by atoms with Crippen LogP contribution in [0.1, 0.15) is 32.6 Å². The van der Waals surface area contributed by atoms with Crippen molar-refractivity contribution in [3.05, 3.63) is 0 Å². The molecule has 0 radical (unpaired) electrons. The summed E-state index contributed by atoms with van der Waals surface area (Å²) in [5, 5.41) is 0. The van der Waals surface area contributed by atoms with Crippen molar-refractivity contribution in [3.63, 3.8) is 0 Å². The van der Waals surface area contributed by atoms with Crippen molar-refractivity contribution < 1.29 is 9.47 Å². The van der Waals surface area contributed by atoms with E-state index in [4.69, 9.17) is 15.2 Å². The Morgan fingerprint density at radius 2 is 2.00 bits per heavy atom. The van der Waals surface area contributed by atoms with E-state index in [0.717, 1.165) is 32.7 Å². The minimum absolute atomic E-state index is 0.324. The van der Waals surface area contributed by atoms with Crippen LogP contribution in [-0.2, 0) is 9.47 Å². The van der Waals surface area contributed by atoms with Gasteiger partial charge in [0.2, 0.25) is 0 Å². The molecule has 3 heteroatoms. The first-order valence-electron chi connectivity index (χ1n) is 5.53. The molecule has 1 rings (SSSR count). The molecular weight excluding hydrogens is 178 g/mol. The van der Waals surface area contributed by atoms with Crippen LogP contribution in [0, 0.1) is 5.41 Å². The molecule has 84 valence electrons. The molecule has 1 aliphatic carbocycles. The highest BCUT2D eigenvalue weighted by Crippen LogP contribution is 2.50. The fraction of sp³-hybridized carbons (Fsp3) is 1.00. The highest BCUT2D eigenvalue weighted by molar-refractivity contribution is 4.98. The molecule has 0 aromatic carbocycles. The van der Waals surface area contributed by atoms with Crippen LogP contribution in [0.4, 0.5) is 0 Å². The molecule has 1 aliphatic rings. The van der Waals surface area contributed by atoms with E-state index < -0.39 is 0 Å². The topological polar surface area (TPSA) is 44.5 Å². The van der Waals surface area contributed by atoms with E-state index >= 15 is 0 Å². The Morgan fingerprint density at radius 1 is 1.29 bits per heavy atom. The summed E-state index contributed by atoms with van der Waals surface area (Å²) in [6, 6.07) is 0.324. The Bertz CT molecular complexity index is 155. The lowest BCUT2D eigenvalue weighted by molar-refractivity contribution is 0.0891. The van der Waals surface area contributed by atoms with Crippen LogP contribution in [0.5, 0.6) is 0 Å². The predicted octanol–water partition coefficient (Wildman–Crippen LogP) is 1.56. The Labute approximate surface area is 86.9 Å². The van der Waals surface area contributed by atoms with Gasteiger partial charge in [0.05, 0.1) is 0 Å². The van der Waals surface area contributed by atoms with Crippen molar-refractivity contribution in [1.29, 1.82) is 0 Å². The zero-order chi connectivity index (χ0) is 10.4. The first-order chi connectivity index (χ1) is 6.71. The van der Waals surface area contributed by atoms with Crippen LogP contribution < -0.4 is 5.73 Å². The Morgan fingerprint density at radius 3 is 2.50 bits per heavy atom. The third-order valence-corrected chi connectivity index (χ3v) is 3.24. The summed E-state index contributed by atoms with van der Waals surface area (Å²) < 4.78 is 10.5. The molecule has 0 bridgehead atoms. The molecule has 0 aromatic rings. The molecule has 0 aliphatic heterocycles. The molecule has 3 nitrogen and oxygen atoms in total. The Kier molecular flexibility index (Phi) is 4.85. The SMILES string of the molecule is COCCCOCCC1(C(C)N)CC1. The predicted molar refractivity (Wildman–Crippen MR) is 57.2 cm³/mol. The normalized spacial score (nSPS) is 20.8. The number of methoxy groups -OCH3 is 1. The van der Waals surface area contributed by atoms with Crippen LogP contribution in [0.2, 0.25) is 0 Å². The highest BCUT2D eigenvalue weighted by Gasteiger charge is 2.45. The summed E-state index contributed by atoms with van der Waals surface area (Å²) in [5.74, 6) is 0. The van der Waals surface area contributed by atoms with Gasteiger partial charge in [-0.2, -0.15) is 0 Å². The summed E-state index contributed by atoms with van der Waals surface area (Å²) in [5.41, 5.74) is 6.34. The van der Waals surface area contributed by atoms with Gasteiger partial charge < -0.3 is 15.2 Å². The van der Waals surface area contributed by atoms with E-state index in [1.54, 1.807) is 7.11 Å². The second-order valence-corrected chi connectivity index (χ2v) is 4.36. The molecule has 0 saturated heterocycles. The molecular formula is C11H23NO2. The van der Waals surface area contributed by atoms with E-state index in [2.05, 4.69) is 6.92 Å². The Hall–Kier alpha value is -0.120. The first kappa shape index (κ1) is 12.0. The van der Waals surface area contributed by atoms with E-state index in [9.17, 15) is 0 Å². The van der Waals surface area contributed by atoms with Crippen LogP contribution in [0.15, 0.2) is 0 Å². The molecule has 14 heavy (non-hydrogen) atoms. The maximum absolute atomic E-state index is 5.92. The smallest absolute Gasteiger partial charge is 0.0487 e. The number of ether oxygens (including phenoxy) is 2. The zero-order valence-corrected chi connectivity index (χ0v) is 9.42. The summed E-state index contributed by atoms with van der Waals surface area (Å²) >= 11 is 0. The van der Waals surface area contributed by atoms with Crippen molar-refractivity contribution in [1.82, 2.24) is 0 Å². The second kappa shape index (κ2) is 5.69. The van der Waals surface area contributed by atoms with Gasteiger partial charge in [0, 0.05) is 33.0 Å². The van der Waals surface area contributed by atoms with E-state index in [1.807, 2.05) is 0 Å². The number of rotatable bonds is 8. The maximum Gasteiger partial charge on any atom is 0.0487 e. The van der Waals surface area contributed by atoms with Crippen molar-refractivity contribution >= 4 is 0 Å². The minimum atomic E-state index is 0.324. The molecule has 1 atom stereocenters. The summed E-state index contributed by atoms with van der Waals surface area (Å²) in [7, 11) is 1.72.